The van der Waals surface area contributed by atoms with Crippen LogP contribution >= 0.6 is 0 Å². The Balaban J connectivity index is 2.58. The highest BCUT2D eigenvalue weighted by molar-refractivity contribution is 5.79. The van der Waals surface area contributed by atoms with Gasteiger partial charge in [0.1, 0.15) is 11.4 Å². The van der Waals surface area contributed by atoms with E-state index in [4.69, 9.17) is 10.5 Å². The Hall–Kier alpha value is -1.36. The average Bonchev–Trinajstić information content (AvgIpc) is 2.75. The summed E-state index contributed by atoms with van der Waals surface area (Å²) in [6, 6.07) is 0. The third-order valence-electron chi connectivity index (χ3n) is 2.89. The van der Waals surface area contributed by atoms with Gasteiger partial charge in [-0.3, -0.25) is 4.79 Å². The molecule has 1 aromatic heterocycles. The number of carbonyl (C=O) groups is 1. The fourth-order valence-electron chi connectivity index (χ4n) is 1.75. The number of aryl methyl sites for hydroxylation is 2. The van der Waals surface area contributed by atoms with Gasteiger partial charge < -0.3 is 15.0 Å². The van der Waals surface area contributed by atoms with Crippen molar-refractivity contribution in [1.82, 2.24) is 9.55 Å². The van der Waals surface area contributed by atoms with Crippen molar-refractivity contribution in [2.24, 2.45) is 5.73 Å². The van der Waals surface area contributed by atoms with E-state index in [9.17, 15) is 4.79 Å². The molecule has 1 unspecified atom stereocenters. The second kappa shape index (κ2) is 6.54. The Morgan fingerprint density at radius 2 is 2.28 bits per heavy atom. The van der Waals surface area contributed by atoms with Crippen LogP contribution in [0, 0.1) is 0 Å². The lowest BCUT2D eigenvalue weighted by molar-refractivity contribution is -0.149. The molecule has 5 nitrogen and oxygen atoms in total. The third-order valence-corrected chi connectivity index (χ3v) is 2.89. The zero-order valence-corrected chi connectivity index (χ0v) is 11.5. The van der Waals surface area contributed by atoms with Crippen LogP contribution in [0.15, 0.2) is 12.4 Å². The Bertz CT molecular complexity index is 385. The maximum absolute atomic E-state index is 11.7. The van der Waals surface area contributed by atoms with Gasteiger partial charge in [-0.15, -0.1) is 0 Å². The summed E-state index contributed by atoms with van der Waals surface area (Å²) in [6.45, 7) is 6.65. The first-order valence-corrected chi connectivity index (χ1v) is 6.47. The Morgan fingerprint density at radius 3 is 2.89 bits per heavy atom. The number of nitrogens with two attached hydrogens (primary N) is 1. The zero-order chi connectivity index (χ0) is 13.6. The van der Waals surface area contributed by atoms with Crippen LogP contribution in [-0.4, -0.2) is 27.7 Å². The van der Waals surface area contributed by atoms with Gasteiger partial charge in [0, 0.05) is 25.4 Å². The first-order valence-electron chi connectivity index (χ1n) is 6.47. The number of nitrogens with zero attached hydrogens (tertiary/aromatic N) is 2. The average molecular weight is 253 g/mol. The highest BCUT2D eigenvalue weighted by Crippen LogP contribution is 2.12. The van der Waals surface area contributed by atoms with E-state index in [1.54, 1.807) is 20.0 Å². The van der Waals surface area contributed by atoms with Crippen LogP contribution in [0.1, 0.15) is 39.4 Å². The highest BCUT2D eigenvalue weighted by atomic mass is 16.5. The number of imidazole rings is 1. The van der Waals surface area contributed by atoms with Crippen LogP contribution < -0.4 is 5.73 Å². The molecule has 0 aromatic carbocycles. The Kier molecular flexibility index (Phi) is 5.34. The number of esters is 1. The van der Waals surface area contributed by atoms with Gasteiger partial charge in [-0.1, -0.05) is 6.92 Å². The van der Waals surface area contributed by atoms with Crippen molar-refractivity contribution >= 4 is 5.97 Å². The van der Waals surface area contributed by atoms with E-state index in [1.165, 1.54) is 0 Å². The topological polar surface area (TPSA) is 70.1 Å². The maximum Gasteiger partial charge on any atom is 0.325 e. The lowest BCUT2D eigenvalue weighted by Gasteiger charge is -2.22. The summed E-state index contributed by atoms with van der Waals surface area (Å²) >= 11 is 0. The number of hydrogen-bond donors (Lipinski definition) is 1. The van der Waals surface area contributed by atoms with Crippen molar-refractivity contribution in [3.63, 3.8) is 0 Å². The molecule has 0 fully saturated rings. The minimum Gasteiger partial charge on any atom is -0.465 e. The number of hydrogen-bond acceptors (Lipinski definition) is 4. The summed E-state index contributed by atoms with van der Waals surface area (Å²) in [5.74, 6) is 0.694. The number of ether oxygens (including phenoxy) is 1. The molecule has 1 aromatic rings. The van der Waals surface area contributed by atoms with Crippen molar-refractivity contribution in [3.8, 4) is 0 Å². The number of aromatic nitrogens is 2. The smallest absolute Gasteiger partial charge is 0.325 e. The van der Waals surface area contributed by atoms with E-state index in [2.05, 4.69) is 11.9 Å². The molecular weight excluding hydrogens is 230 g/mol. The Labute approximate surface area is 108 Å². The predicted molar refractivity (Wildman–Crippen MR) is 70.1 cm³/mol. The lowest BCUT2D eigenvalue weighted by atomic mass is 9.99. The van der Waals surface area contributed by atoms with Gasteiger partial charge in [0.15, 0.2) is 0 Å². The minimum absolute atomic E-state index is 0.345. The molecule has 18 heavy (non-hydrogen) atoms. The maximum atomic E-state index is 11.7. The van der Waals surface area contributed by atoms with Crippen molar-refractivity contribution in [2.45, 2.75) is 52.1 Å². The molecule has 0 saturated carbocycles. The molecule has 0 aliphatic heterocycles. The largest absolute Gasteiger partial charge is 0.465 e. The van der Waals surface area contributed by atoms with Gasteiger partial charge in [0.25, 0.3) is 0 Å². The molecule has 0 amide bonds. The molecule has 0 aliphatic carbocycles. The van der Waals surface area contributed by atoms with Crippen LogP contribution in [-0.2, 0) is 22.5 Å². The fourth-order valence-corrected chi connectivity index (χ4v) is 1.75. The van der Waals surface area contributed by atoms with Gasteiger partial charge >= 0.3 is 5.97 Å². The highest BCUT2D eigenvalue weighted by Gasteiger charge is 2.29. The lowest BCUT2D eigenvalue weighted by Crippen LogP contribution is -2.46. The van der Waals surface area contributed by atoms with Crippen LogP contribution in [0.3, 0.4) is 0 Å². The van der Waals surface area contributed by atoms with Gasteiger partial charge in [-0.05, 0) is 26.7 Å². The molecule has 0 radical (unpaired) electrons. The van der Waals surface area contributed by atoms with Crippen LogP contribution in [0.5, 0.6) is 0 Å². The second-order valence-corrected chi connectivity index (χ2v) is 4.67. The van der Waals surface area contributed by atoms with Crippen LogP contribution in [0.25, 0.3) is 0 Å². The molecule has 1 heterocycles. The molecule has 0 aliphatic rings. The summed E-state index contributed by atoms with van der Waals surface area (Å²) in [6.07, 6.45) is 6.23. The van der Waals surface area contributed by atoms with Crippen LogP contribution in [0.4, 0.5) is 0 Å². The molecule has 1 atom stereocenters. The molecule has 102 valence electrons. The first kappa shape index (κ1) is 14.7. The third kappa shape index (κ3) is 3.84. The van der Waals surface area contributed by atoms with Crippen molar-refractivity contribution < 1.29 is 9.53 Å². The van der Waals surface area contributed by atoms with Gasteiger partial charge in [-0.2, -0.15) is 0 Å². The standard InChI is InChI=1S/C13H23N3O2/c1-4-6-11-15-8-10-16(11)9-7-13(3,14)12(17)18-5-2/h8,10H,4-7,9,14H2,1-3H3. The molecule has 5 heteroatoms. The van der Waals surface area contributed by atoms with Gasteiger partial charge in [0.2, 0.25) is 0 Å². The summed E-state index contributed by atoms with van der Waals surface area (Å²) in [5, 5.41) is 0. The van der Waals surface area contributed by atoms with Gasteiger partial charge in [-0.25, -0.2) is 4.98 Å². The van der Waals surface area contributed by atoms with E-state index in [0.717, 1.165) is 18.7 Å². The molecular formula is C13H23N3O2. The summed E-state index contributed by atoms with van der Waals surface area (Å²) < 4.78 is 7.01. The predicted octanol–water partition coefficient (Wildman–Crippen LogP) is 1.51. The number of rotatable bonds is 7. The summed E-state index contributed by atoms with van der Waals surface area (Å²) in [5.41, 5.74) is 5.04. The van der Waals surface area contributed by atoms with Crippen molar-refractivity contribution in [1.29, 1.82) is 0 Å². The van der Waals surface area contributed by atoms with Crippen LogP contribution in [0.2, 0.25) is 0 Å². The summed E-state index contributed by atoms with van der Waals surface area (Å²) in [7, 11) is 0. The normalized spacial score (nSPS) is 14.2. The molecule has 0 bridgehead atoms. The second-order valence-electron chi connectivity index (χ2n) is 4.67. The van der Waals surface area contributed by atoms with E-state index < -0.39 is 5.54 Å². The van der Waals surface area contributed by atoms with Crippen molar-refractivity contribution in [3.05, 3.63) is 18.2 Å². The van der Waals surface area contributed by atoms with Gasteiger partial charge in [0.05, 0.1) is 6.61 Å². The molecule has 2 N–H and O–H groups in total. The first-order chi connectivity index (χ1) is 8.51. The Morgan fingerprint density at radius 1 is 1.56 bits per heavy atom. The minimum atomic E-state index is -0.941. The molecule has 1 rings (SSSR count). The fraction of sp³-hybridized carbons (Fsp3) is 0.692. The molecule has 0 spiro atoms. The zero-order valence-electron chi connectivity index (χ0n) is 11.5. The van der Waals surface area contributed by atoms with Crippen molar-refractivity contribution in [2.75, 3.05) is 6.61 Å². The van der Waals surface area contributed by atoms with E-state index in [-0.39, 0.29) is 5.97 Å². The quantitative estimate of drug-likeness (QED) is 0.748. The molecule has 0 saturated heterocycles. The number of carbonyl (C=O) groups excluding carboxylic acids is 1. The van der Waals surface area contributed by atoms with E-state index in [1.807, 2.05) is 10.8 Å². The summed E-state index contributed by atoms with van der Waals surface area (Å²) in [4.78, 5) is 16.0. The van der Waals surface area contributed by atoms with E-state index in [0.29, 0.717) is 19.6 Å². The SMILES string of the molecule is CCCc1nccn1CCC(C)(N)C(=O)OCC. The van der Waals surface area contributed by atoms with E-state index >= 15 is 0 Å². The monoisotopic (exact) mass is 253 g/mol.